The van der Waals surface area contributed by atoms with E-state index in [0.29, 0.717) is 19.5 Å². The fourth-order valence-electron chi connectivity index (χ4n) is 5.84. The van der Waals surface area contributed by atoms with Crippen molar-refractivity contribution < 1.29 is 18.0 Å². The van der Waals surface area contributed by atoms with Crippen molar-refractivity contribution >= 4 is 48.8 Å². The minimum absolute atomic E-state index is 0.0649. The molecule has 226 valence electrons. The van der Waals surface area contributed by atoms with Gasteiger partial charge in [-0.15, -0.1) is 11.3 Å². The number of piperidine rings is 1. The average molecular weight is 618 g/mol. The first-order valence-corrected chi connectivity index (χ1v) is 17.6. The summed E-state index contributed by atoms with van der Waals surface area (Å²) in [7, 11) is -3.26. The summed E-state index contributed by atoms with van der Waals surface area (Å²) >= 11 is 1.68. The van der Waals surface area contributed by atoms with Crippen LogP contribution in [0.4, 0.5) is 5.69 Å². The van der Waals surface area contributed by atoms with Crippen LogP contribution in [0.25, 0.3) is 10.1 Å². The Hall–Kier alpha value is -3.53. The number of hydrogen-bond donors (Lipinski definition) is 0. The number of sulfone groups is 1. The number of likely N-dealkylation sites (N-methyl/N-ethyl adjacent to an activating group) is 1. The second-order valence-corrected chi connectivity index (χ2v) is 14.3. The minimum atomic E-state index is -3.26. The molecule has 5 rings (SSSR count). The maximum absolute atomic E-state index is 13.6. The zero-order chi connectivity index (χ0) is 30.4. The zero-order valence-corrected chi connectivity index (χ0v) is 26.4. The highest BCUT2D eigenvalue weighted by molar-refractivity contribution is 7.90. The van der Waals surface area contributed by atoms with E-state index in [1.165, 1.54) is 16.3 Å². The molecule has 0 radical (unpaired) electrons. The van der Waals surface area contributed by atoms with Gasteiger partial charge < -0.3 is 14.7 Å². The van der Waals surface area contributed by atoms with E-state index in [4.69, 9.17) is 0 Å². The summed E-state index contributed by atoms with van der Waals surface area (Å²) in [4.78, 5) is 34.4. The number of likely N-dealkylation sites (tertiary alicyclic amines) is 1. The fourth-order valence-corrected chi connectivity index (χ4v) is 7.52. The van der Waals surface area contributed by atoms with E-state index in [2.05, 4.69) is 23.1 Å². The Balaban J connectivity index is 1.16. The minimum Gasteiger partial charge on any atom is -0.340 e. The second-order valence-electron chi connectivity index (χ2n) is 11.2. The Morgan fingerprint density at radius 3 is 2.21 bits per heavy atom. The maximum Gasteiger partial charge on any atom is 0.232 e. The fraction of sp³-hybridized carbons (Fsp3) is 0.353. The van der Waals surface area contributed by atoms with E-state index >= 15 is 0 Å². The molecule has 0 aliphatic carbocycles. The normalized spacial score (nSPS) is 14.6. The third-order valence-corrected chi connectivity index (χ3v) is 10.4. The highest BCUT2D eigenvalue weighted by atomic mass is 32.2. The molecule has 1 aliphatic rings. The summed E-state index contributed by atoms with van der Waals surface area (Å²) in [6.07, 6.45) is 3.58. The topological polar surface area (TPSA) is 78.0 Å². The first-order chi connectivity index (χ1) is 20.7. The lowest BCUT2D eigenvalue weighted by Gasteiger charge is -2.39. The molecule has 1 saturated heterocycles. The lowest BCUT2D eigenvalue weighted by atomic mass is 10.0. The van der Waals surface area contributed by atoms with Crippen LogP contribution in [-0.2, 0) is 32.3 Å². The largest absolute Gasteiger partial charge is 0.340 e. The number of fused-ring (bicyclic) bond motifs is 1. The van der Waals surface area contributed by atoms with E-state index in [9.17, 15) is 18.0 Å². The van der Waals surface area contributed by atoms with Crippen LogP contribution in [0, 0.1) is 0 Å². The van der Waals surface area contributed by atoms with E-state index < -0.39 is 9.84 Å². The Bertz CT molecular complexity index is 1610. The quantitative estimate of drug-likeness (QED) is 0.224. The van der Waals surface area contributed by atoms with Crippen molar-refractivity contribution in [3.8, 4) is 0 Å². The highest BCUT2D eigenvalue weighted by Gasteiger charge is 2.28. The standard InChI is InChI=1S/C34H39N3O4S2/c1-3-36(33(38)23-26-13-15-31(16-14-26)43(2,40)41)29-17-19-35(20-18-29)21-22-37(28-10-5-4-6-11-28)34(39)25-30-24-27-9-7-8-12-32(27)42-30/h4-16,24,29H,3,17-23,25H2,1-2H3. The number of carbonyl (C=O) groups excluding carboxylic acids is 2. The number of amides is 2. The van der Waals surface area contributed by atoms with Gasteiger partial charge in [0.25, 0.3) is 0 Å². The molecule has 1 aliphatic heterocycles. The van der Waals surface area contributed by atoms with Crippen molar-refractivity contribution in [2.45, 2.75) is 43.5 Å². The molecule has 2 amide bonds. The predicted molar refractivity (Wildman–Crippen MR) is 174 cm³/mol. The molecule has 0 bridgehead atoms. The Morgan fingerprint density at radius 2 is 1.56 bits per heavy atom. The zero-order valence-electron chi connectivity index (χ0n) is 24.8. The van der Waals surface area contributed by atoms with Gasteiger partial charge in [0, 0.05) is 60.3 Å². The number of rotatable bonds is 11. The number of anilines is 1. The van der Waals surface area contributed by atoms with Gasteiger partial charge in [-0.05, 0) is 67.1 Å². The van der Waals surface area contributed by atoms with Crippen LogP contribution in [0.15, 0.2) is 89.8 Å². The van der Waals surface area contributed by atoms with Gasteiger partial charge in [-0.3, -0.25) is 9.59 Å². The first-order valence-electron chi connectivity index (χ1n) is 14.8. The molecule has 0 saturated carbocycles. The molecule has 43 heavy (non-hydrogen) atoms. The van der Waals surface area contributed by atoms with Crippen LogP contribution in [0.2, 0.25) is 0 Å². The SMILES string of the molecule is CCN(C(=O)Cc1ccc(S(C)(=O)=O)cc1)C1CCN(CCN(C(=O)Cc2cc3ccccc3s2)c2ccccc2)CC1. The molecule has 3 aromatic carbocycles. The summed E-state index contributed by atoms with van der Waals surface area (Å²) in [5, 5.41) is 1.17. The molecule has 0 spiro atoms. The van der Waals surface area contributed by atoms with Gasteiger partial charge in [0.05, 0.1) is 17.7 Å². The summed E-state index contributed by atoms with van der Waals surface area (Å²) in [5.74, 6) is 0.162. The van der Waals surface area contributed by atoms with Crippen molar-refractivity contribution in [1.82, 2.24) is 9.80 Å². The van der Waals surface area contributed by atoms with Gasteiger partial charge in [-0.25, -0.2) is 8.42 Å². The number of benzene rings is 3. The number of hydrogen-bond acceptors (Lipinski definition) is 6. The van der Waals surface area contributed by atoms with Crippen molar-refractivity contribution in [2.75, 3.05) is 43.9 Å². The van der Waals surface area contributed by atoms with Crippen LogP contribution in [0.5, 0.6) is 0 Å². The lowest BCUT2D eigenvalue weighted by molar-refractivity contribution is -0.133. The number of para-hydroxylation sites is 1. The molecule has 0 N–H and O–H groups in total. The molecule has 1 aromatic heterocycles. The molecule has 1 fully saturated rings. The van der Waals surface area contributed by atoms with Gasteiger partial charge in [0.2, 0.25) is 11.8 Å². The van der Waals surface area contributed by atoms with Gasteiger partial charge >= 0.3 is 0 Å². The molecule has 2 heterocycles. The van der Waals surface area contributed by atoms with Crippen LogP contribution in [-0.4, -0.2) is 75.1 Å². The van der Waals surface area contributed by atoms with Crippen LogP contribution < -0.4 is 4.90 Å². The molecule has 9 heteroatoms. The summed E-state index contributed by atoms with van der Waals surface area (Å²) in [6, 6.07) is 27.0. The average Bonchev–Trinajstić information content (AvgIpc) is 3.41. The van der Waals surface area contributed by atoms with Crippen molar-refractivity contribution in [3.05, 3.63) is 95.4 Å². The Kier molecular flexibility index (Phi) is 9.95. The van der Waals surface area contributed by atoms with E-state index in [-0.39, 0.29) is 29.2 Å². The van der Waals surface area contributed by atoms with Gasteiger partial charge in [-0.2, -0.15) is 0 Å². The van der Waals surface area contributed by atoms with Gasteiger partial charge in [0.1, 0.15) is 0 Å². The summed E-state index contributed by atoms with van der Waals surface area (Å²) in [6.45, 7) is 5.76. The molecule has 0 atom stereocenters. The monoisotopic (exact) mass is 617 g/mol. The predicted octanol–water partition coefficient (Wildman–Crippen LogP) is 5.44. The van der Waals surface area contributed by atoms with Crippen molar-refractivity contribution in [1.29, 1.82) is 0 Å². The van der Waals surface area contributed by atoms with Crippen molar-refractivity contribution in [3.63, 3.8) is 0 Å². The highest BCUT2D eigenvalue weighted by Crippen LogP contribution is 2.27. The van der Waals surface area contributed by atoms with Gasteiger partial charge in [-0.1, -0.05) is 48.5 Å². The third-order valence-electron chi connectivity index (χ3n) is 8.18. The van der Waals surface area contributed by atoms with Crippen LogP contribution >= 0.6 is 11.3 Å². The smallest absolute Gasteiger partial charge is 0.232 e. The van der Waals surface area contributed by atoms with E-state index in [1.54, 1.807) is 35.6 Å². The Morgan fingerprint density at radius 1 is 0.884 bits per heavy atom. The van der Waals surface area contributed by atoms with E-state index in [1.807, 2.05) is 59.2 Å². The summed E-state index contributed by atoms with van der Waals surface area (Å²) < 4.78 is 24.7. The van der Waals surface area contributed by atoms with E-state index in [0.717, 1.165) is 48.6 Å². The van der Waals surface area contributed by atoms with Crippen molar-refractivity contribution in [2.24, 2.45) is 0 Å². The molecule has 0 unspecified atom stereocenters. The second kappa shape index (κ2) is 13.8. The Labute approximate surface area is 258 Å². The molecular formula is C34H39N3O4S2. The number of carbonyl (C=O) groups is 2. The maximum atomic E-state index is 13.6. The van der Waals surface area contributed by atoms with Gasteiger partial charge in [0.15, 0.2) is 9.84 Å². The first kappa shape index (κ1) is 30.9. The number of nitrogens with zero attached hydrogens (tertiary/aromatic N) is 3. The summed E-state index contributed by atoms with van der Waals surface area (Å²) in [5.41, 5.74) is 1.73. The lowest BCUT2D eigenvalue weighted by Crippen LogP contribution is -2.49. The third kappa shape index (κ3) is 7.90. The number of thiophene rings is 1. The molecular weight excluding hydrogens is 579 g/mol. The van der Waals surface area contributed by atoms with Crippen LogP contribution in [0.3, 0.4) is 0 Å². The molecule has 4 aromatic rings. The van der Waals surface area contributed by atoms with Crippen LogP contribution in [0.1, 0.15) is 30.2 Å². The molecule has 7 nitrogen and oxygen atoms in total.